The Morgan fingerprint density at radius 2 is 2.10 bits per heavy atom. The normalized spacial score (nSPS) is 14.0. The summed E-state index contributed by atoms with van der Waals surface area (Å²) < 4.78 is 0. The molecule has 1 N–H and O–H groups in total. The predicted octanol–water partition coefficient (Wildman–Crippen LogP) is 3.17. The van der Waals surface area contributed by atoms with E-state index in [0.29, 0.717) is 0 Å². The number of anilines is 3. The van der Waals surface area contributed by atoms with Crippen molar-refractivity contribution in [2.75, 3.05) is 23.8 Å². The summed E-state index contributed by atoms with van der Waals surface area (Å²) in [6.07, 6.45) is 3.16. The molecule has 0 spiro atoms. The number of nitrogens with zero attached hydrogens (tertiary/aromatic N) is 3. The van der Waals surface area contributed by atoms with E-state index in [2.05, 4.69) is 46.4 Å². The first-order chi connectivity index (χ1) is 9.81. The Hall–Kier alpha value is -2.10. The van der Waals surface area contributed by atoms with Gasteiger partial charge in [-0.15, -0.1) is 0 Å². The molecule has 1 aliphatic heterocycles. The SMILES string of the molecule is CCc1nc(NC)cc(N2CCCc3ccccc32)n1. The minimum atomic E-state index is 0.845. The van der Waals surface area contributed by atoms with Crippen LogP contribution < -0.4 is 10.2 Å². The predicted molar refractivity (Wildman–Crippen MR) is 82.7 cm³/mol. The molecule has 3 rings (SSSR count). The molecule has 2 aromatic rings. The van der Waals surface area contributed by atoms with Crippen LogP contribution in [0.4, 0.5) is 17.3 Å². The number of rotatable bonds is 3. The van der Waals surface area contributed by atoms with Gasteiger partial charge in [0, 0.05) is 31.8 Å². The fraction of sp³-hybridized carbons (Fsp3) is 0.375. The van der Waals surface area contributed by atoms with E-state index in [1.807, 2.05) is 13.1 Å². The minimum Gasteiger partial charge on any atom is -0.373 e. The van der Waals surface area contributed by atoms with Crippen LogP contribution in [0.5, 0.6) is 0 Å². The lowest BCUT2D eigenvalue weighted by atomic mass is 10.0. The van der Waals surface area contributed by atoms with E-state index in [4.69, 9.17) is 4.98 Å². The van der Waals surface area contributed by atoms with Crippen molar-refractivity contribution >= 4 is 17.3 Å². The van der Waals surface area contributed by atoms with Crippen LogP contribution in [0.1, 0.15) is 24.7 Å². The van der Waals surface area contributed by atoms with E-state index >= 15 is 0 Å². The number of aromatic nitrogens is 2. The van der Waals surface area contributed by atoms with Crippen molar-refractivity contribution in [3.8, 4) is 0 Å². The van der Waals surface area contributed by atoms with Gasteiger partial charge in [0.2, 0.25) is 0 Å². The molecule has 0 aliphatic carbocycles. The summed E-state index contributed by atoms with van der Waals surface area (Å²) in [6.45, 7) is 3.10. The molecule has 1 aromatic carbocycles. The van der Waals surface area contributed by atoms with Crippen LogP contribution >= 0.6 is 0 Å². The molecule has 1 aromatic heterocycles. The zero-order valence-corrected chi connectivity index (χ0v) is 12.1. The lowest BCUT2D eigenvalue weighted by molar-refractivity contribution is 0.754. The maximum absolute atomic E-state index is 4.70. The van der Waals surface area contributed by atoms with E-state index in [0.717, 1.165) is 43.3 Å². The third-order valence-corrected chi connectivity index (χ3v) is 3.72. The van der Waals surface area contributed by atoms with Crippen LogP contribution in [0.15, 0.2) is 30.3 Å². The molecule has 1 aliphatic rings. The van der Waals surface area contributed by atoms with E-state index in [-0.39, 0.29) is 0 Å². The topological polar surface area (TPSA) is 41.1 Å². The summed E-state index contributed by atoms with van der Waals surface area (Å²) in [4.78, 5) is 11.5. The molecule has 4 heteroatoms. The van der Waals surface area contributed by atoms with E-state index < -0.39 is 0 Å². The molecule has 0 saturated carbocycles. The third kappa shape index (κ3) is 2.33. The molecule has 0 unspecified atom stereocenters. The molecule has 4 nitrogen and oxygen atoms in total. The zero-order valence-electron chi connectivity index (χ0n) is 12.1. The van der Waals surface area contributed by atoms with Gasteiger partial charge in [0.05, 0.1) is 0 Å². The van der Waals surface area contributed by atoms with Crippen LogP contribution in [0, 0.1) is 0 Å². The van der Waals surface area contributed by atoms with Gasteiger partial charge in [-0.2, -0.15) is 0 Å². The van der Waals surface area contributed by atoms with Gasteiger partial charge in [0.25, 0.3) is 0 Å². The second-order valence-corrected chi connectivity index (χ2v) is 5.02. The number of aryl methyl sites for hydroxylation is 2. The van der Waals surface area contributed by atoms with E-state index in [9.17, 15) is 0 Å². The fourth-order valence-corrected chi connectivity index (χ4v) is 2.68. The average Bonchev–Trinajstić information content (AvgIpc) is 2.53. The van der Waals surface area contributed by atoms with Crippen molar-refractivity contribution in [2.45, 2.75) is 26.2 Å². The largest absolute Gasteiger partial charge is 0.373 e. The van der Waals surface area contributed by atoms with Crippen LogP contribution in [0.25, 0.3) is 0 Å². The molecule has 0 amide bonds. The second kappa shape index (κ2) is 5.49. The van der Waals surface area contributed by atoms with Crippen LogP contribution in [-0.4, -0.2) is 23.6 Å². The summed E-state index contributed by atoms with van der Waals surface area (Å²) in [5.41, 5.74) is 2.68. The number of hydrogen-bond donors (Lipinski definition) is 1. The van der Waals surface area contributed by atoms with Crippen LogP contribution in [0.2, 0.25) is 0 Å². The molecule has 0 saturated heterocycles. The minimum absolute atomic E-state index is 0.845. The van der Waals surface area contributed by atoms with E-state index in [1.165, 1.54) is 11.3 Å². The Kier molecular flexibility index (Phi) is 3.54. The number of fused-ring (bicyclic) bond motifs is 1. The lowest BCUT2D eigenvalue weighted by Gasteiger charge is -2.30. The molecule has 2 heterocycles. The van der Waals surface area contributed by atoms with Gasteiger partial charge >= 0.3 is 0 Å². The first-order valence-corrected chi connectivity index (χ1v) is 7.23. The maximum Gasteiger partial charge on any atom is 0.138 e. The molecular weight excluding hydrogens is 248 g/mol. The van der Waals surface area contributed by atoms with Crippen LogP contribution in [-0.2, 0) is 12.8 Å². The standard InChI is InChI=1S/C16H20N4/c1-3-14-18-15(17-2)11-16(19-14)20-10-6-8-12-7-4-5-9-13(12)20/h4-5,7,9,11H,3,6,8,10H2,1-2H3,(H,17,18,19). The van der Waals surface area contributed by atoms with Gasteiger partial charge in [-0.05, 0) is 24.5 Å². The van der Waals surface area contributed by atoms with Gasteiger partial charge in [0.1, 0.15) is 17.5 Å². The van der Waals surface area contributed by atoms with Crippen molar-refractivity contribution in [3.63, 3.8) is 0 Å². The zero-order chi connectivity index (χ0) is 13.9. The number of benzene rings is 1. The Labute approximate surface area is 119 Å². The highest BCUT2D eigenvalue weighted by Crippen LogP contribution is 2.32. The summed E-state index contributed by atoms with van der Waals surface area (Å²) in [5, 5.41) is 3.13. The summed E-state index contributed by atoms with van der Waals surface area (Å²) >= 11 is 0. The van der Waals surface area contributed by atoms with Gasteiger partial charge < -0.3 is 10.2 Å². The summed E-state index contributed by atoms with van der Waals surface area (Å²) in [6, 6.07) is 10.6. The second-order valence-electron chi connectivity index (χ2n) is 5.02. The Morgan fingerprint density at radius 3 is 2.90 bits per heavy atom. The monoisotopic (exact) mass is 268 g/mol. The first kappa shape index (κ1) is 12.9. The van der Waals surface area contributed by atoms with Crippen molar-refractivity contribution < 1.29 is 0 Å². The van der Waals surface area contributed by atoms with Crippen molar-refractivity contribution in [1.29, 1.82) is 0 Å². The summed E-state index contributed by atoms with van der Waals surface area (Å²) in [7, 11) is 1.90. The third-order valence-electron chi connectivity index (χ3n) is 3.72. The Morgan fingerprint density at radius 1 is 1.25 bits per heavy atom. The highest BCUT2D eigenvalue weighted by Gasteiger charge is 2.19. The van der Waals surface area contributed by atoms with Crippen molar-refractivity contribution in [3.05, 3.63) is 41.7 Å². The number of hydrogen-bond acceptors (Lipinski definition) is 4. The maximum atomic E-state index is 4.70. The fourth-order valence-electron chi connectivity index (χ4n) is 2.68. The Balaban J connectivity index is 2.05. The average molecular weight is 268 g/mol. The lowest BCUT2D eigenvalue weighted by Crippen LogP contribution is -2.25. The quantitative estimate of drug-likeness (QED) is 0.928. The first-order valence-electron chi connectivity index (χ1n) is 7.23. The summed E-state index contributed by atoms with van der Waals surface area (Å²) in [5.74, 6) is 2.76. The molecule has 20 heavy (non-hydrogen) atoms. The van der Waals surface area contributed by atoms with Crippen molar-refractivity contribution in [1.82, 2.24) is 9.97 Å². The molecule has 0 fully saturated rings. The van der Waals surface area contributed by atoms with Crippen LogP contribution in [0.3, 0.4) is 0 Å². The van der Waals surface area contributed by atoms with E-state index in [1.54, 1.807) is 0 Å². The van der Waals surface area contributed by atoms with Gasteiger partial charge in [0.15, 0.2) is 0 Å². The van der Waals surface area contributed by atoms with Gasteiger partial charge in [-0.25, -0.2) is 9.97 Å². The van der Waals surface area contributed by atoms with Gasteiger partial charge in [-0.3, -0.25) is 0 Å². The highest BCUT2D eigenvalue weighted by atomic mass is 15.2. The molecule has 104 valence electrons. The molecule has 0 atom stereocenters. The molecular formula is C16H20N4. The van der Waals surface area contributed by atoms with Crippen molar-refractivity contribution in [2.24, 2.45) is 0 Å². The Bertz CT molecular complexity index is 587. The smallest absolute Gasteiger partial charge is 0.138 e. The highest BCUT2D eigenvalue weighted by molar-refractivity contribution is 5.67. The number of para-hydroxylation sites is 1. The van der Waals surface area contributed by atoms with Gasteiger partial charge in [-0.1, -0.05) is 25.1 Å². The molecule has 0 bridgehead atoms. The molecule has 0 radical (unpaired) electrons. The number of nitrogens with one attached hydrogen (secondary N) is 1.